The zero-order valence-electron chi connectivity index (χ0n) is 14.9. The summed E-state index contributed by atoms with van der Waals surface area (Å²) in [5.74, 6) is -0.727. The standard InChI is InChI=1S/C20H18ClNO5/c1-3-16-20(25)22(19(24)13-6-4-5-7-17(13)27-16)11-15(23)12-8-9-18(26-2)14(21)10-12/h4-10,16H,3,11H2,1-2H3/t16-/m1/s1. The SMILES string of the molecule is CC[C@H]1Oc2ccccc2C(=O)N(CC(=O)c2ccc(OC)c(Cl)c2)C1=O. The fourth-order valence-electron chi connectivity index (χ4n) is 2.85. The molecule has 1 aliphatic rings. The first-order valence-electron chi connectivity index (χ1n) is 8.44. The summed E-state index contributed by atoms with van der Waals surface area (Å²) in [6.45, 7) is 1.39. The first-order valence-corrected chi connectivity index (χ1v) is 8.82. The van der Waals surface area contributed by atoms with Crippen LogP contribution in [0.15, 0.2) is 42.5 Å². The van der Waals surface area contributed by atoms with Gasteiger partial charge < -0.3 is 9.47 Å². The molecule has 0 aliphatic carbocycles. The Bertz CT molecular complexity index is 911. The summed E-state index contributed by atoms with van der Waals surface area (Å²) in [6, 6.07) is 11.2. The van der Waals surface area contributed by atoms with Gasteiger partial charge in [0.05, 0.1) is 24.2 Å². The molecule has 1 heterocycles. The number of nitrogens with zero attached hydrogens (tertiary/aromatic N) is 1. The van der Waals surface area contributed by atoms with E-state index in [1.165, 1.54) is 13.2 Å². The van der Waals surface area contributed by atoms with Gasteiger partial charge in [0.2, 0.25) is 0 Å². The monoisotopic (exact) mass is 387 g/mol. The molecule has 2 aromatic rings. The van der Waals surface area contributed by atoms with Crippen molar-refractivity contribution in [2.45, 2.75) is 19.4 Å². The first kappa shape index (κ1) is 18.9. The van der Waals surface area contributed by atoms with Gasteiger partial charge in [-0.2, -0.15) is 0 Å². The molecule has 0 saturated heterocycles. The van der Waals surface area contributed by atoms with Crippen molar-refractivity contribution in [3.63, 3.8) is 0 Å². The maximum atomic E-state index is 12.9. The lowest BCUT2D eigenvalue weighted by Gasteiger charge is -2.21. The summed E-state index contributed by atoms with van der Waals surface area (Å²) in [5.41, 5.74) is 0.537. The third-order valence-electron chi connectivity index (χ3n) is 4.32. The smallest absolute Gasteiger partial charge is 0.270 e. The molecule has 0 radical (unpaired) electrons. The van der Waals surface area contributed by atoms with Crippen LogP contribution < -0.4 is 9.47 Å². The highest BCUT2D eigenvalue weighted by Crippen LogP contribution is 2.28. The van der Waals surface area contributed by atoms with Gasteiger partial charge >= 0.3 is 0 Å². The van der Waals surface area contributed by atoms with E-state index in [-0.39, 0.29) is 16.1 Å². The highest BCUT2D eigenvalue weighted by molar-refractivity contribution is 6.32. The number of methoxy groups -OCH3 is 1. The normalized spacial score (nSPS) is 16.4. The van der Waals surface area contributed by atoms with Crippen LogP contribution in [0.25, 0.3) is 0 Å². The molecule has 0 bridgehead atoms. The molecule has 0 aromatic heterocycles. The number of imide groups is 1. The summed E-state index contributed by atoms with van der Waals surface area (Å²) < 4.78 is 10.8. The molecule has 27 heavy (non-hydrogen) atoms. The molecule has 1 aliphatic heterocycles. The summed E-state index contributed by atoms with van der Waals surface area (Å²) in [4.78, 5) is 39.3. The number of benzene rings is 2. The number of ether oxygens (including phenoxy) is 2. The number of carbonyl (C=O) groups is 3. The average Bonchev–Trinajstić information content (AvgIpc) is 2.78. The number of rotatable bonds is 5. The van der Waals surface area contributed by atoms with Crippen LogP contribution in [0.5, 0.6) is 11.5 Å². The Hall–Kier alpha value is -2.86. The lowest BCUT2D eigenvalue weighted by Crippen LogP contribution is -2.45. The number of ketones is 1. The Morgan fingerprint density at radius 3 is 2.63 bits per heavy atom. The lowest BCUT2D eigenvalue weighted by atomic mass is 10.1. The molecule has 7 heteroatoms. The van der Waals surface area contributed by atoms with E-state index in [0.717, 1.165) is 4.90 Å². The number of halogens is 1. The van der Waals surface area contributed by atoms with Crippen molar-refractivity contribution in [2.75, 3.05) is 13.7 Å². The maximum Gasteiger partial charge on any atom is 0.270 e. The van der Waals surface area contributed by atoms with Crippen molar-refractivity contribution in [1.82, 2.24) is 4.90 Å². The van der Waals surface area contributed by atoms with Crippen LogP contribution in [0.4, 0.5) is 0 Å². The van der Waals surface area contributed by atoms with Crippen LogP contribution in [0.1, 0.15) is 34.1 Å². The Morgan fingerprint density at radius 1 is 1.22 bits per heavy atom. The molecule has 2 amide bonds. The molecule has 140 valence electrons. The number of amides is 2. The lowest BCUT2D eigenvalue weighted by molar-refractivity contribution is -0.135. The quantitative estimate of drug-likeness (QED) is 0.581. The van der Waals surface area contributed by atoms with Crippen molar-refractivity contribution in [2.24, 2.45) is 0 Å². The largest absolute Gasteiger partial charge is 0.495 e. The van der Waals surface area contributed by atoms with E-state index in [4.69, 9.17) is 21.1 Å². The number of Topliss-reactive ketones (excluding diaryl/α,β-unsaturated/α-hetero) is 1. The summed E-state index contributed by atoms with van der Waals surface area (Å²) in [7, 11) is 1.47. The number of carbonyl (C=O) groups excluding carboxylic acids is 3. The van der Waals surface area contributed by atoms with E-state index in [0.29, 0.717) is 17.9 Å². The van der Waals surface area contributed by atoms with Crippen LogP contribution in [0, 0.1) is 0 Å². The van der Waals surface area contributed by atoms with Crippen LogP contribution in [-0.2, 0) is 4.79 Å². The summed E-state index contributed by atoms with van der Waals surface area (Å²) in [5, 5.41) is 0.275. The predicted octanol–water partition coefficient (Wildman–Crippen LogP) is 3.37. The molecule has 0 spiro atoms. The van der Waals surface area contributed by atoms with Crippen molar-refractivity contribution in [3.8, 4) is 11.5 Å². The fourth-order valence-corrected chi connectivity index (χ4v) is 3.11. The Balaban J connectivity index is 1.92. The highest BCUT2D eigenvalue weighted by Gasteiger charge is 2.36. The topological polar surface area (TPSA) is 72.9 Å². The number of para-hydroxylation sites is 1. The Labute approximate surface area is 161 Å². The molecular formula is C20H18ClNO5. The second-order valence-electron chi connectivity index (χ2n) is 6.01. The van der Waals surface area contributed by atoms with E-state index >= 15 is 0 Å². The van der Waals surface area contributed by atoms with Gasteiger partial charge in [-0.15, -0.1) is 0 Å². The second kappa shape index (κ2) is 7.80. The Morgan fingerprint density at radius 2 is 1.96 bits per heavy atom. The number of fused-ring (bicyclic) bond motifs is 1. The van der Waals surface area contributed by atoms with Gasteiger partial charge in [-0.1, -0.05) is 30.7 Å². The van der Waals surface area contributed by atoms with Crippen molar-refractivity contribution in [3.05, 3.63) is 58.6 Å². The van der Waals surface area contributed by atoms with E-state index < -0.39 is 30.2 Å². The minimum Gasteiger partial charge on any atom is -0.495 e. The first-order chi connectivity index (χ1) is 13.0. The fraction of sp³-hybridized carbons (Fsp3) is 0.250. The summed E-state index contributed by atoms with van der Waals surface area (Å²) >= 11 is 6.07. The molecule has 2 aromatic carbocycles. The predicted molar refractivity (Wildman–Crippen MR) is 99.5 cm³/mol. The molecule has 3 rings (SSSR count). The van der Waals surface area contributed by atoms with Gasteiger partial charge in [0.25, 0.3) is 11.8 Å². The maximum absolute atomic E-state index is 12.9. The number of hydrogen-bond acceptors (Lipinski definition) is 5. The van der Waals surface area contributed by atoms with Crippen LogP contribution in [0.3, 0.4) is 0 Å². The van der Waals surface area contributed by atoms with Gasteiger partial charge in [-0.05, 0) is 36.8 Å². The van der Waals surface area contributed by atoms with E-state index in [9.17, 15) is 14.4 Å². The van der Waals surface area contributed by atoms with Crippen LogP contribution in [0.2, 0.25) is 5.02 Å². The van der Waals surface area contributed by atoms with E-state index in [1.54, 1.807) is 43.3 Å². The second-order valence-corrected chi connectivity index (χ2v) is 6.42. The molecule has 0 unspecified atom stereocenters. The third kappa shape index (κ3) is 3.66. The Kier molecular flexibility index (Phi) is 5.46. The zero-order valence-corrected chi connectivity index (χ0v) is 15.7. The molecule has 0 saturated carbocycles. The van der Waals surface area contributed by atoms with Gasteiger partial charge in [0.15, 0.2) is 11.9 Å². The van der Waals surface area contributed by atoms with Gasteiger partial charge in [-0.3, -0.25) is 19.3 Å². The minimum atomic E-state index is -0.829. The molecule has 1 atom stereocenters. The molecular weight excluding hydrogens is 370 g/mol. The molecule has 0 fully saturated rings. The van der Waals surface area contributed by atoms with E-state index in [1.807, 2.05) is 0 Å². The van der Waals surface area contributed by atoms with Crippen molar-refractivity contribution in [1.29, 1.82) is 0 Å². The van der Waals surface area contributed by atoms with Crippen molar-refractivity contribution >= 4 is 29.2 Å². The van der Waals surface area contributed by atoms with Gasteiger partial charge in [-0.25, -0.2) is 0 Å². The third-order valence-corrected chi connectivity index (χ3v) is 4.61. The van der Waals surface area contributed by atoms with Crippen LogP contribution >= 0.6 is 11.6 Å². The summed E-state index contributed by atoms with van der Waals surface area (Å²) in [6.07, 6.45) is -0.454. The zero-order chi connectivity index (χ0) is 19.6. The van der Waals surface area contributed by atoms with Gasteiger partial charge in [0.1, 0.15) is 11.5 Å². The highest BCUT2D eigenvalue weighted by atomic mass is 35.5. The average molecular weight is 388 g/mol. The van der Waals surface area contributed by atoms with Crippen LogP contribution in [-0.4, -0.2) is 42.3 Å². The van der Waals surface area contributed by atoms with E-state index in [2.05, 4.69) is 0 Å². The molecule has 0 N–H and O–H groups in total. The molecule has 6 nitrogen and oxygen atoms in total. The number of hydrogen-bond donors (Lipinski definition) is 0. The minimum absolute atomic E-state index is 0.252. The van der Waals surface area contributed by atoms with Gasteiger partial charge in [0, 0.05) is 5.56 Å². The van der Waals surface area contributed by atoms with Crippen molar-refractivity contribution < 1.29 is 23.9 Å².